The summed E-state index contributed by atoms with van der Waals surface area (Å²) in [5.74, 6) is 0.0407. The van der Waals surface area contributed by atoms with Crippen LogP contribution in [0.4, 0.5) is 10.1 Å². The molecule has 0 aliphatic carbocycles. The van der Waals surface area contributed by atoms with E-state index >= 15 is 0 Å². The number of halogens is 2. The maximum Gasteiger partial charge on any atom is 0.236 e. The van der Waals surface area contributed by atoms with Crippen molar-refractivity contribution in [1.82, 2.24) is 14.7 Å². The first-order valence-corrected chi connectivity index (χ1v) is 11.3. The number of nitrogens with zero attached hydrogens (tertiary/aromatic N) is 4. The number of amides is 1. The van der Waals surface area contributed by atoms with E-state index in [1.807, 2.05) is 23.1 Å². The largest absolute Gasteiger partial charge is 0.368 e. The monoisotopic (exact) mass is 474 g/mol. The van der Waals surface area contributed by atoms with Gasteiger partial charge >= 0.3 is 0 Å². The van der Waals surface area contributed by atoms with Crippen LogP contribution in [0.1, 0.15) is 5.56 Å². The lowest BCUT2D eigenvalue weighted by atomic mass is 10.2. The van der Waals surface area contributed by atoms with Gasteiger partial charge in [0.25, 0.3) is 0 Å². The lowest BCUT2D eigenvalue weighted by Crippen LogP contribution is -2.53. The third kappa shape index (κ3) is 5.20. The Morgan fingerprint density at radius 3 is 2.20 bits per heavy atom. The molecule has 0 unspecified atom stereocenters. The van der Waals surface area contributed by atoms with Crippen molar-refractivity contribution in [2.75, 3.05) is 63.8 Å². The van der Waals surface area contributed by atoms with Gasteiger partial charge in [0.1, 0.15) is 5.82 Å². The molecule has 30 heavy (non-hydrogen) atoms. The molecule has 2 fully saturated rings. The lowest BCUT2D eigenvalue weighted by molar-refractivity contribution is -0.133. The molecule has 2 aromatic carbocycles. The second kappa shape index (κ2) is 9.90. The highest BCUT2D eigenvalue weighted by atomic mass is 79.9. The van der Waals surface area contributed by atoms with Crippen molar-refractivity contribution in [2.45, 2.75) is 6.54 Å². The zero-order valence-corrected chi connectivity index (χ0v) is 18.7. The Morgan fingerprint density at radius 2 is 1.50 bits per heavy atom. The van der Waals surface area contributed by atoms with Gasteiger partial charge in [0, 0.05) is 70.2 Å². The van der Waals surface area contributed by atoms with Crippen molar-refractivity contribution in [3.05, 3.63) is 64.4 Å². The molecule has 0 saturated carbocycles. The fraction of sp³-hybridized carbons (Fsp3) is 0.435. The first kappa shape index (κ1) is 21.3. The SMILES string of the molecule is O=C(CN1CCN(Cc2cccc(Br)c2F)CC1)N1CCN(c2ccccc2)CC1. The molecule has 0 N–H and O–H groups in total. The van der Waals surface area contributed by atoms with Crippen LogP contribution in [0, 0.1) is 5.82 Å². The zero-order chi connectivity index (χ0) is 20.9. The number of para-hydroxylation sites is 1. The summed E-state index contributed by atoms with van der Waals surface area (Å²) in [6, 6.07) is 15.8. The van der Waals surface area contributed by atoms with Crippen molar-refractivity contribution < 1.29 is 9.18 Å². The van der Waals surface area contributed by atoms with Gasteiger partial charge in [-0.1, -0.05) is 30.3 Å². The topological polar surface area (TPSA) is 30.0 Å². The summed E-state index contributed by atoms with van der Waals surface area (Å²) < 4.78 is 14.7. The summed E-state index contributed by atoms with van der Waals surface area (Å²) in [5.41, 5.74) is 1.94. The predicted molar refractivity (Wildman–Crippen MR) is 121 cm³/mol. The Labute approximate surface area is 186 Å². The quantitative estimate of drug-likeness (QED) is 0.665. The molecule has 0 radical (unpaired) electrons. The molecule has 2 heterocycles. The summed E-state index contributed by atoms with van der Waals surface area (Å²) in [4.78, 5) is 21.6. The number of hydrogen-bond acceptors (Lipinski definition) is 4. The minimum atomic E-state index is -0.176. The maximum atomic E-state index is 14.2. The zero-order valence-electron chi connectivity index (χ0n) is 17.1. The summed E-state index contributed by atoms with van der Waals surface area (Å²) >= 11 is 3.26. The van der Waals surface area contributed by atoms with Crippen molar-refractivity contribution in [3.8, 4) is 0 Å². The number of carbonyl (C=O) groups is 1. The van der Waals surface area contributed by atoms with Crippen LogP contribution in [0.5, 0.6) is 0 Å². The van der Waals surface area contributed by atoms with Gasteiger partial charge in [0.2, 0.25) is 5.91 Å². The lowest BCUT2D eigenvalue weighted by Gasteiger charge is -2.38. The first-order chi connectivity index (χ1) is 14.6. The average Bonchev–Trinajstić information content (AvgIpc) is 2.79. The van der Waals surface area contributed by atoms with Gasteiger partial charge in [-0.3, -0.25) is 14.6 Å². The molecule has 2 aliphatic rings. The van der Waals surface area contributed by atoms with Gasteiger partial charge in [-0.25, -0.2) is 4.39 Å². The Balaban J connectivity index is 1.21. The minimum absolute atomic E-state index is 0.176. The van der Waals surface area contributed by atoms with E-state index in [4.69, 9.17) is 0 Å². The van der Waals surface area contributed by atoms with Crippen LogP contribution in [-0.4, -0.2) is 79.5 Å². The molecular formula is C23H28BrFN4O. The molecule has 2 aromatic rings. The van der Waals surface area contributed by atoms with Crippen LogP contribution in [0.25, 0.3) is 0 Å². The fourth-order valence-corrected chi connectivity index (χ4v) is 4.57. The van der Waals surface area contributed by atoms with Gasteiger partial charge in [0.15, 0.2) is 0 Å². The first-order valence-electron chi connectivity index (χ1n) is 10.6. The summed E-state index contributed by atoms with van der Waals surface area (Å²) in [6.45, 7) is 7.76. The molecular weight excluding hydrogens is 447 g/mol. The van der Waals surface area contributed by atoms with Crippen LogP contribution >= 0.6 is 15.9 Å². The number of benzene rings is 2. The second-order valence-corrected chi connectivity index (χ2v) is 8.82. The molecule has 7 heteroatoms. The molecule has 2 aliphatic heterocycles. The Kier molecular flexibility index (Phi) is 7.02. The van der Waals surface area contributed by atoms with E-state index in [0.29, 0.717) is 23.1 Å². The van der Waals surface area contributed by atoms with E-state index in [1.165, 1.54) is 5.69 Å². The predicted octanol–water partition coefficient (Wildman–Crippen LogP) is 3.05. The molecule has 160 valence electrons. The van der Waals surface area contributed by atoms with Crippen LogP contribution < -0.4 is 4.90 Å². The minimum Gasteiger partial charge on any atom is -0.368 e. The molecule has 0 atom stereocenters. The third-order valence-electron chi connectivity index (χ3n) is 6.00. The van der Waals surface area contributed by atoms with E-state index in [-0.39, 0.29) is 11.7 Å². The Hall–Kier alpha value is -1.96. The highest BCUT2D eigenvalue weighted by molar-refractivity contribution is 9.10. The van der Waals surface area contributed by atoms with Gasteiger partial charge in [-0.05, 0) is 34.1 Å². The molecule has 1 amide bonds. The van der Waals surface area contributed by atoms with Gasteiger partial charge in [-0.15, -0.1) is 0 Å². The van der Waals surface area contributed by atoms with Crippen LogP contribution in [0.3, 0.4) is 0 Å². The number of carbonyl (C=O) groups excluding carboxylic acids is 1. The molecule has 0 aromatic heterocycles. The maximum absolute atomic E-state index is 14.2. The van der Waals surface area contributed by atoms with Gasteiger partial charge in [-0.2, -0.15) is 0 Å². The molecule has 0 bridgehead atoms. The van der Waals surface area contributed by atoms with Gasteiger partial charge < -0.3 is 9.80 Å². The van der Waals surface area contributed by atoms with Crippen molar-refractivity contribution >= 4 is 27.5 Å². The number of piperazine rings is 2. The Morgan fingerprint density at radius 1 is 0.833 bits per heavy atom. The Bertz CT molecular complexity index is 850. The number of anilines is 1. The smallest absolute Gasteiger partial charge is 0.236 e. The molecule has 5 nitrogen and oxygen atoms in total. The number of rotatable bonds is 5. The molecule has 0 spiro atoms. The van der Waals surface area contributed by atoms with Crippen molar-refractivity contribution in [1.29, 1.82) is 0 Å². The van der Waals surface area contributed by atoms with E-state index in [9.17, 15) is 9.18 Å². The third-order valence-corrected chi connectivity index (χ3v) is 6.62. The van der Waals surface area contributed by atoms with E-state index in [0.717, 1.165) is 52.4 Å². The van der Waals surface area contributed by atoms with E-state index in [1.54, 1.807) is 6.07 Å². The highest BCUT2D eigenvalue weighted by Crippen LogP contribution is 2.20. The molecule has 2 saturated heterocycles. The van der Waals surface area contributed by atoms with Crippen LogP contribution in [-0.2, 0) is 11.3 Å². The second-order valence-electron chi connectivity index (χ2n) is 7.97. The van der Waals surface area contributed by atoms with Crippen molar-refractivity contribution in [3.63, 3.8) is 0 Å². The van der Waals surface area contributed by atoms with E-state index in [2.05, 4.69) is 54.9 Å². The number of hydrogen-bond donors (Lipinski definition) is 0. The molecule has 4 rings (SSSR count). The standard InChI is InChI=1S/C23H28BrFN4O/c24-21-8-4-5-19(23(21)25)17-26-9-11-27(12-10-26)18-22(30)29-15-13-28(14-16-29)20-6-2-1-3-7-20/h1-8H,9-18H2. The summed E-state index contributed by atoms with van der Waals surface area (Å²) in [6.07, 6.45) is 0. The summed E-state index contributed by atoms with van der Waals surface area (Å²) in [5, 5.41) is 0. The fourth-order valence-electron chi connectivity index (χ4n) is 4.16. The van der Waals surface area contributed by atoms with E-state index < -0.39 is 0 Å². The van der Waals surface area contributed by atoms with Crippen molar-refractivity contribution in [2.24, 2.45) is 0 Å². The van der Waals surface area contributed by atoms with Gasteiger partial charge in [0.05, 0.1) is 11.0 Å². The van der Waals surface area contributed by atoms with Crippen LogP contribution in [0.2, 0.25) is 0 Å². The highest BCUT2D eigenvalue weighted by Gasteiger charge is 2.25. The average molecular weight is 475 g/mol. The normalized spacial score (nSPS) is 18.6. The van der Waals surface area contributed by atoms with Crippen LogP contribution in [0.15, 0.2) is 53.0 Å². The summed E-state index contributed by atoms with van der Waals surface area (Å²) in [7, 11) is 0.